The molecule has 12 heavy (non-hydrogen) atoms. The molecule has 1 saturated heterocycles. The van der Waals surface area contributed by atoms with Crippen LogP contribution >= 0.6 is 0 Å². The number of hydrogen-bond donors (Lipinski definition) is 0. The van der Waals surface area contributed by atoms with Crippen molar-refractivity contribution in [3.63, 3.8) is 0 Å². The van der Waals surface area contributed by atoms with E-state index < -0.39 is 0 Å². The highest BCUT2D eigenvalue weighted by molar-refractivity contribution is 4.72. The second-order valence-electron chi connectivity index (χ2n) is 4.60. The van der Waals surface area contributed by atoms with Crippen LogP contribution in [0.4, 0.5) is 0 Å². The summed E-state index contributed by atoms with van der Waals surface area (Å²) in [5, 5.41) is 0. The number of morpholine rings is 1. The SMILES string of the molecule is CCC1OC(C)C[N+](C)(C)C1C. The predicted octanol–water partition coefficient (Wildman–Crippen LogP) is 1.65. The zero-order valence-corrected chi connectivity index (χ0v) is 9.00. The first-order valence-corrected chi connectivity index (χ1v) is 4.95. The van der Waals surface area contributed by atoms with Crippen LogP contribution in [0.25, 0.3) is 0 Å². The molecule has 0 aromatic heterocycles. The molecule has 0 aromatic rings. The van der Waals surface area contributed by atoms with Crippen LogP contribution in [-0.2, 0) is 4.74 Å². The Hall–Kier alpha value is -0.0800. The van der Waals surface area contributed by atoms with E-state index in [9.17, 15) is 0 Å². The molecule has 3 unspecified atom stereocenters. The summed E-state index contributed by atoms with van der Waals surface area (Å²) in [5.41, 5.74) is 0. The lowest BCUT2D eigenvalue weighted by Gasteiger charge is -2.46. The fourth-order valence-electron chi connectivity index (χ4n) is 2.17. The third-order valence-electron chi connectivity index (χ3n) is 3.18. The number of quaternary nitrogens is 1. The molecule has 3 atom stereocenters. The summed E-state index contributed by atoms with van der Waals surface area (Å²) in [6.07, 6.45) is 2.00. The van der Waals surface area contributed by atoms with E-state index in [-0.39, 0.29) is 0 Å². The van der Waals surface area contributed by atoms with Crippen LogP contribution in [0.1, 0.15) is 27.2 Å². The molecular weight excluding hydrogens is 150 g/mol. The standard InChI is InChI=1S/C10H22NO/c1-6-10-9(3)11(4,5)7-8(2)12-10/h8-10H,6-7H2,1-5H3/q+1. The molecule has 0 N–H and O–H groups in total. The maximum Gasteiger partial charge on any atom is 0.112 e. The molecule has 1 aliphatic rings. The molecule has 0 saturated carbocycles. The number of likely N-dealkylation sites (N-methyl/N-ethyl adjacent to an activating group) is 1. The molecule has 0 bridgehead atoms. The Balaban J connectivity index is 2.68. The van der Waals surface area contributed by atoms with Crippen LogP contribution in [0.15, 0.2) is 0 Å². The predicted molar refractivity (Wildman–Crippen MR) is 51.1 cm³/mol. The topological polar surface area (TPSA) is 9.23 Å². The van der Waals surface area contributed by atoms with Gasteiger partial charge < -0.3 is 9.22 Å². The third kappa shape index (κ3) is 1.80. The van der Waals surface area contributed by atoms with E-state index in [1.807, 2.05) is 0 Å². The summed E-state index contributed by atoms with van der Waals surface area (Å²) in [4.78, 5) is 0. The van der Waals surface area contributed by atoms with Crippen LogP contribution in [0.2, 0.25) is 0 Å². The van der Waals surface area contributed by atoms with Crippen molar-refractivity contribution in [3.05, 3.63) is 0 Å². The average molecular weight is 172 g/mol. The summed E-state index contributed by atoms with van der Waals surface area (Å²) in [7, 11) is 4.60. The third-order valence-corrected chi connectivity index (χ3v) is 3.18. The van der Waals surface area contributed by atoms with Gasteiger partial charge in [-0.15, -0.1) is 0 Å². The van der Waals surface area contributed by atoms with Gasteiger partial charge >= 0.3 is 0 Å². The zero-order valence-electron chi connectivity index (χ0n) is 9.00. The molecule has 72 valence electrons. The molecular formula is C10H22NO+. The van der Waals surface area contributed by atoms with E-state index in [0.717, 1.165) is 17.4 Å². The molecule has 1 heterocycles. The van der Waals surface area contributed by atoms with Crippen LogP contribution < -0.4 is 0 Å². The first kappa shape index (κ1) is 10.0. The fourth-order valence-corrected chi connectivity index (χ4v) is 2.17. The van der Waals surface area contributed by atoms with Crippen molar-refractivity contribution in [2.45, 2.75) is 45.4 Å². The van der Waals surface area contributed by atoms with Crippen molar-refractivity contribution in [3.8, 4) is 0 Å². The molecule has 2 nitrogen and oxygen atoms in total. The summed E-state index contributed by atoms with van der Waals surface area (Å²) in [5.74, 6) is 0. The van der Waals surface area contributed by atoms with Crippen LogP contribution in [0.3, 0.4) is 0 Å². The van der Waals surface area contributed by atoms with Gasteiger partial charge in [-0.05, 0) is 20.3 Å². The van der Waals surface area contributed by atoms with Crippen molar-refractivity contribution < 1.29 is 9.22 Å². The van der Waals surface area contributed by atoms with Crippen molar-refractivity contribution in [2.75, 3.05) is 20.6 Å². The maximum atomic E-state index is 5.87. The second kappa shape index (κ2) is 3.35. The molecule has 0 amide bonds. The van der Waals surface area contributed by atoms with E-state index in [2.05, 4.69) is 34.9 Å². The highest BCUT2D eigenvalue weighted by Crippen LogP contribution is 2.23. The quantitative estimate of drug-likeness (QED) is 0.546. The largest absolute Gasteiger partial charge is 0.363 e. The lowest BCUT2D eigenvalue weighted by molar-refractivity contribution is -0.928. The van der Waals surface area contributed by atoms with E-state index in [1.165, 1.54) is 0 Å². The van der Waals surface area contributed by atoms with Gasteiger partial charge in [0.15, 0.2) is 0 Å². The first-order valence-electron chi connectivity index (χ1n) is 4.95. The summed E-state index contributed by atoms with van der Waals surface area (Å²) >= 11 is 0. The Morgan fingerprint density at radius 1 is 1.33 bits per heavy atom. The van der Waals surface area contributed by atoms with E-state index in [0.29, 0.717) is 18.2 Å². The highest BCUT2D eigenvalue weighted by atomic mass is 16.5. The van der Waals surface area contributed by atoms with Gasteiger partial charge in [-0.2, -0.15) is 0 Å². The monoisotopic (exact) mass is 172 g/mol. The Labute approximate surface area is 76.1 Å². The minimum atomic E-state index is 0.418. The van der Waals surface area contributed by atoms with Crippen LogP contribution in [-0.4, -0.2) is 43.4 Å². The minimum absolute atomic E-state index is 0.418. The first-order chi connectivity index (χ1) is 5.47. The summed E-state index contributed by atoms with van der Waals surface area (Å²) in [6, 6.07) is 0.631. The molecule has 2 heteroatoms. The van der Waals surface area contributed by atoms with Gasteiger partial charge in [-0.3, -0.25) is 0 Å². The smallest absolute Gasteiger partial charge is 0.112 e. The van der Waals surface area contributed by atoms with E-state index in [4.69, 9.17) is 4.74 Å². The van der Waals surface area contributed by atoms with Gasteiger partial charge in [0, 0.05) is 0 Å². The minimum Gasteiger partial charge on any atom is -0.363 e. The van der Waals surface area contributed by atoms with Gasteiger partial charge in [0.05, 0.1) is 14.1 Å². The Bertz CT molecular complexity index is 156. The fraction of sp³-hybridized carbons (Fsp3) is 1.00. The lowest BCUT2D eigenvalue weighted by atomic mass is 10.0. The average Bonchev–Trinajstić information content (AvgIpc) is 1.96. The normalized spacial score (nSPS) is 41.2. The number of ether oxygens (including phenoxy) is 1. The van der Waals surface area contributed by atoms with Gasteiger partial charge in [0.1, 0.15) is 24.8 Å². The zero-order chi connectivity index (χ0) is 9.35. The molecule has 1 aliphatic heterocycles. The molecule has 0 aliphatic carbocycles. The van der Waals surface area contributed by atoms with Gasteiger partial charge in [0.2, 0.25) is 0 Å². The number of nitrogens with zero attached hydrogens (tertiary/aromatic N) is 1. The van der Waals surface area contributed by atoms with Crippen molar-refractivity contribution in [1.29, 1.82) is 0 Å². The van der Waals surface area contributed by atoms with Crippen molar-refractivity contribution in [2.24, 2.45) is 0 Å². The Kier molecular flexibility index (Phi) is 2.79. The molecule has 0 aromatic carbocycles. The number of hydrogen-bond acceptors (Lipinski definition) is 1. The van der Waals surface area contributed by atoms with Crippen molar-refractivity contribution in [1.82, 2.24) is 0 Å². The maximum absolute atomic E-state index is 5.87. The van der Waals surface area contributed by atoms with Crippen molar-refractivity contribution >= 4 is 0 Å². The second-order valence-corrected chi connectivity index (χ2v) is 4.60. The van der Waals surface area contributed by atoms with Gasteiger partial charge in [0.25, 0.3) is 0 Å². The van der Waals surface area contributed by atoms with Gasteiger partial charge in [-0.1, -0.05) is 6.92 Å². The van der Waals surface area contributed by atoms with E-state index >= 15 is 0 Å². The highest BCUT2D eigenvalue weighted by Gasteiger charge is 2.38. The van der Waals surface area contributed by atoms with E-state index in [1.54, 1.807) is 0 Å². The Morgan fingerprint density at radius 2 is 1.92 bits per heavy atom. The molecule has 1 fully saturated rings. The Morgan fingerprint density at radius 3 is 2.42 bits per heavy atom. The molecule has 1 rings (SSSR count). The summed E-state index contributed by atoms with van der Waals surface area (Å²) < 4.78 is 6.96. The van der Waals surface area contributed by atoms with Crippen LogP contribution in [0, 0.1) is 0 Å². The number of rotatable bonds is 1. The lowest BCUT2D eigenvalue weighted by Crippen LogP contribution is -2.61. The van der Waals surface area contributed by atoms with Gasteiger partial charge in [-0.25, -0.2) is 0 Å². The molecule has 0 radical (unpaired) electrons. The molecule has 0 spiro atoms. The summed E-state index contributed by atoms with van der Waals surface area (Å²) in [6.45, 7) is 7.81. The van der Waals surface area contributed by atoms with Crippen LogP contribution in [0.5, 0.6) is 0 Å².